The summed E-state index contributed by atoms with van der Waals surface area (Å²) < 4.78 is 3.70. The SMILES string of the molecule is Cn1cc(/C=C/C(=O)c2ccc(-n3cccc3)cc2)cn1. The largest absolute Gasteiger partial charge is 0.324 e. The molecule has 0 bridgehead atoms. The smallest absolute Gasteiger partial charge is 0.185 e. The number of hydrogen-bond donors (Lipinski definition) is 0. The van der Waals surface area contributed by atoms with Crippen molar-refractivity contribution in [3.63, 3.8) is 0 Å². The molecule has 0 aliphatic carbocycles. The quantitative estimate of drug-likeness (QED) is 0.543. The average Bonchev–Trinajstić information content (AvgIpc) is 3.16. The van der Waals surface area contributed by atoms with Crippen molar-refractivity contribution in [2.24, 2.45) is 7.05 Å². The summed E-state index contributed by atoms with van der Waals surface area (Å²) in [4.78, 5) is 12.1. The van der Waals surface area contributed by atoms with Gasteiger partial charge in [-0.05, 0) is 48.6 Å². The van der Waals surface area contributed by atoms with Crippen molar-refractivity contribution in [2.75, 3.05) is 0 Å². The molecule has 2 heterocycles. The zero-order valence-electron chi connectivity index (χ0n) is 11.7. The zero-order valence-corrected chi connectivity index (χ0v) is 11.7. The van der Waals surface area contributed by atoms with Gasteiger partial charge in [0, 0.05) is 42.5 Å². The van der Waals surface area contributed by atoms with Crippen LogP contribution in [0, 0.1) is 0 Å². The number of ketones is 1. The lowest BCUT2D eigenvalue weighted by molar-refractivity contribution is 0.104. The monoisotopic (exact) mass is 277 g/mol. The molecule has 0 saturated carbocycles. The van der Waals surface area contributed by atoms with Gasteiger partial charge in [0.25, 0.3) is 0 Å². The van der Waals surface area contributed by atoms with Crippen LogP contribution in [0.4, 0.5) is 0 Å². The molecule has 4 nitrogen and oxygen atoms in total. The molecule has 0 aliphatic rings. The van der Waals surface area contributed by atoms with Gasteiger partial charge in [-0.15, -0.1) is 0 Å². The van der Waals surface area contributed by atoms with Gasteiger partial charge in [-0.1, -0.05) is 0 Å². The number of benzene rings is 1. The first-order chi connectivity index (χ1) is 10.2. The summed E-state index contributed by atoms with van der Waals surface area (Å²) in [5.74, 6) is -0.0158. The number of hydrogen-bond acceptors (Lipinski definition) is 2. The highest BCUT2D eigenvalue weighted by atomic mass is 16.1. The van der Waals surface area contributed by atoms with Crippen LogP contribution in [0.5, 0.6) is 0 Å². The minimum atomic E-state index is -0.0158. The fourth-order valence-electron chi connectivity index (χ4n) is 2.10. The van der Waals surface area contributed by atoms with Crippen molar-refractivity contribution in [1.29, 1.82) is 0 Å². The van der Waals surface area contributed by atoms with E-state index < -0.39 is 0 Å². The standard InChI is InChI=1S/C17H15N3O/c1-19-13-14(12-18-19)4-9-17(21)15-5-7-16(8-6-15)20-10-2-3-11-20/h2-13H,1H3/b9-4+. The Bertz CT molecular complexity index is 765. The normalized spacial score (nSPS) is 11.1. The van der Waals surface area contributed by atoms with Gasteiger partial charge in [-0.3, -0.25) is 9.48 Å². The minimum absolute atomic E-state index is 0.0158. The summed E-state index contributed by atoms with van der Waals surface area (Å²) in [5, 5.41) is 4.06. The first-order valence-corrected chi connectivity index (χ1v) is 6.67. The lowest BCUT2D eigenvalue weighted by atomic mass is 10.1. The van der Waals surface area contributed by atoms with Crippen LogP contribution in [-0.4, -0.2) is 20.1 Å². The van der Waals surface area contributed by atoms with E-state index in [1.165, 1.54) is 0 Å². The molecule has 104 valence electrons. The Hall–Kier alpha value is -2.88. The van der Waals surface area contributed by atoms with Crippen LogP contribution in [0.15, 0.2) is 67.3 Å². The van der Waals surface area contributed by atoms with Crippen molar-refractivity contribution in [3.05, 3.63) is 78.4 Å². The molecule has 0 fully saturated rings. The summed E-state index contributed by atoms with van der Waals surface area (Å²) in [5.41, 5.74) is 2.62. The van der Waals surface area contributed by atoms with Crippen LogP contribution in [0.1, 0.15) is 15.9 Å². The number of carbonyl (C=O) groups excluding carboxylic acids is 1. The fraction of sp³-hybridized carbons (Fsp3) is 0.0588. The Kier molecular flexibility index (Phi) is 3.51. The molecule has 2 aromatic heterocycles. The van der Waals surface area contributed by atoms with Crippen LogP contribution in [0.2, 0.25) is 0 Å². The van der Waals surface area contributed by atoms with E-state index in [1.807, 2.05) is 66.6 Å². The van der Waals surface area contributed by atoms with Gasteiger partial charge in [0.15, 0.2) is 5.78 Å². The second-order valence-electron chi connectivity index (χ2n) is 4.78. The van der Waals surface area contributed by atoms with Gasteiger partial charge in [-0.25, -0.2) is 0 Å². The van der Waals surface area contributed by atoms with E-state index in [2.05, 4.69) is 5.10 Å². The Morgan fingerprint density at radius 3 is 2.48 bits per heavy atom. The van der Waals surface area contributed by atoms with Gasteiger partial charge in [-0.2, -0.15) is 5.10 Å². The third-order valence-corrected chi connectivity index (χ3v) is 3.21. The highest BCUT2D eigenvalue weighted by Gasteiger charge is 2.02. The molecule has 4 heteroatoms. The third-order valence-electron chi connectivity index (χ3n) is 3.21. The lowest BCUT2D eigenvalue weighted by Crippen LogP contribution is -1.95. The molecule has 0 aliphatic heterocycles. The van der Waals surface area contributed by atoms with E-state index in [1.54, 1.807) is 23.0 Å². The van der Waals surface area contributed by atoms with Gasteiger partial charge in [0.05, 0.1) is 6.20 Å². The van der Waals surface area contributed by atoms with E-state index in [0.717, 1.165) is 11.3 Å². The van der Waals surface area contributed by atoms with Gasteiger partial charge in [0.2, 0.25) is 0 Å². The topological polar surface area (TPSA) is 39.8 Å². The van der Waals surface area contributed by atoms with Crippen molar-refractivity contribution >= 4 is 11.9 Å². The predicted octanol–water partition coefficient (Wildman–Crippen LogP) is 3.11. The number of nitrogens with zero attached hydrogens (tertiary/aromatic N) is 3. The van der Waals surface area contributed by atoms with Gasteiger partial charge >= 0.3 is 0 Å². The Morgan fingerprint density at radius 1 is 1.14 bits per heavy atom. The van der Waals surface area contributed by atoms with E-state index in [9.17, 15) is 4.79 Å². The van der Waals surface area contributed by atoms with E-state index in [0.29, 0.717) is 5.56 Å². The number of aryl methyl sites for hydroxylation is 1. The summed E-state index contributed by atoms with van der Waals surface area (Å²) in [7, 11) is 1.85. The van der Waals surface area contributed by atoms with Crippen LogP contribution >= 0.6 is 0 Å². The fourth-order valence-corrected chi connectivity index (χ4v) is 2.10. The summed E-state index contributed by atoms with van der Waals surface area (Å²) in [6, 6.07) is 11.5. The first-order valence-electron chi connectivity index (χ1n) is 6.67. The molecule has 3 rings (SSSR count). The molecule has 0 spiro atoms. The minimum Gasteiger partial charge on any atom is -0.324 e. The molecule has 1 aromatic carbocycles. The highest BCUT2D eigenvalue weighted by molar-refractivity contribution is 6.06. The Morgan fingerprint density at radius 2 is 1.86 bits per heavy atom. The second-order valence-corrected chi connectivity index (χ2v) is 4.78. The molecule has 0 unspecified atom stereocenters. The Balaban J connectivity index is 1.74. The molecule has 0 saturated heterocycles. The predicted molar refractivity (Wildman–Crippen MR) is 82.3 cm³/mol. The number of carbonyl (C=O) groups is 1. The summed E-state index contributed by atoms with van der Waals surface area (Å²) in [6.07, 6.45) is 10.9. The molecule has 3 aromatic rings. The number of allylic oxidation sites excluding steroid dienone is 1. The maximum atomic E-state index is 12.1. The van der Waals surface area contributed by atoms with E-state index in [4.69, 9.17) is 0 Å². The van der Waals surface area contributed by atoms with Crippen LogP contribution < -0.4 is 0 Å². The number of aromatic nitrogens is 3. The molecule has 0 radical (unpaired) electrons. The van der Waals surface area contributed by atoms with Crippen LogP contribution in [-0.2, 0) is 7.05 Å². The second kappa shape index (κ2) is 5.63. The summed E-state index contributed by atoms with van der Waals surface area (Å²) in [6.45, 7) is 0. The molecule has 0 amide bonds. The first kappa shape index (κ1) is 13.1. The van der Waals surface area contributed by atoms with Crippen molar-refractivity contribution in [3.8, 4) is 5.69 Å². The van der Waals surface area contributed by atoms with E-state index >= 15 is 0 Å². The van der Waals surface area contributed by atoms with Crippen LogP contribution in [0.3, 0.4) is 0 Å². The number of rotatable bonds is 4. The zero-order chi connectivity index (χ0) is 14.7. The molecule has 0 atom stereocenters. The highest BCUT2D eigenvalue weighted by Crippen LogP contribution is 2.11. The van der Waals surface area contributed by atoms with Crippen molar-refractivity contribution in [2.45, 2.75) is 0 Å². The van der Waals surface area contributed by atoms with Gasteiger partial charge < -0.3 is 4.57 Å². The lowest BCUT2D eigenvalue weighted by Gasteiger charge is -2.03. The maximum absolute atomic E-state index is 12.1. The van der Waals surface area contributed by atoms with Gasteiger partial charge in [0.1, 0.15) is 0 Å². The molecule has 0 N–H and O–H groups in total. The van der Waals surface area contributed by atoms with Crippen molar-refractivity contribution < 1.29 is 4.79 Å². The summed E-state index contributed by atoms with van der Waals surface area (Å²) >= 11 is 0. The molecular weight excluding hydrogens is 262 g/mol. The van der Waals surface area contributed by atoms with E-state index in [-0.39, 0.29) is 5.78 Å². The van der Waals surface area contributed by atoms with Crippen molar-refractivity contribution in [1.82, 2.24) is 14.3 Å². The Labute approximate surface area is 123 Å². The molecule has 21 heavy (non-hydrogen) atoms. The van der Waals surface area contributed by atoms with Crippen LogP contribution in [0.25, 0.3) is 11.8 Å². The average molecular weight is 277 g/mol. The molecular formula is C17H15N3O. The maximum Gasteiger partial charge on any atom is 0.185 e. The third kappa shape index (κ3) is 3.00.